The van der Waals surface area contributed by atoms with Gasteiger partial charge in [-0.25, -0.2) is 9.78 Å². The van der Waals surface area contributed by atoms with Crippen LogP contribution in [-0.2, 0) is 0 Å². The van der Waals surface area contributed by atoms with E-state index in [-0.39, 0.29) is 12.1 Å². The summed E-state index contributed by atoms with van der Waals surface area (Å²) in [6.07, 6.45) is 6.87. The van der Waals surface area contributed by atoms with E-state index < -0.39 is 0 Å². The number of amides is 2. The number of urea groups is 1. The van der Waals surface area contributed by atoms with E-state index in [9.17, 15) is 4.79 Å². The summed E-state index contributed by atoms with van der Waals surface area (Å²) in [6, 6.07) is 8.11. The van der Waals surface area contributed by atoms with Crippen LogP contribution in [0, 0.1) is 5.92 Å². The molecule has 2 aromatic rings. The Hall–Kier alpha value is -2.04. The number of hydrogen-bond donors (Lipinski definition) is 3. The lowest BCUT2D eigenvalue weighted by molar-refractivity contribution is 0.222. The summed E-state index contributed by atoms with van der Waals surface area (Å²) in [4.78, 5) is 20.5. The number of H-pyrrole nitrogens is 1. The first-order chi connectivity index (χ1) is 11.7. The number of nitrogens with one attached hydrogen (secondary N) is 3. The van der Waals surface area contributed by atoms with E-state index in [1.54, 1.807) is 0 Å². The zero-order chi connectivity index (χ0) is 16.9. The van der Waals surface area contributed by atoms with Crippen molar-refractivity contribution in [3.05, 3.63) is 30.1 Å². The third-order valence-corrected chi connectivity index (χ3v) is 5.14. The SMILES string of the molecule is CC[C@@H](C)[C@H](NC(=O)NC1CCCCC1)c1nc2ccccc2[nH]1. The van der Waals surface area contributed by atoms with Gasteiger partial charge in [0.05, 0.1) is 17.1 Å². The van der Waals surface area contributed by atoms with E-state index in [2.05, 4.69) is 34.4 Å². The second-order valence-corrected chi connectivity index (χ2v) is 6.96. The van der Waals surface area contributed by atoms with Crippen LogP contribution in [0.5, 0.6) is 0 Å². The molecule has 3 N–H and O–H groups in total. The minimum Gasteiger partial charge on any atom is -0.340 e. The van der Waals surface area contributed by atoms with E-state index in [4.69, 9.17) is 0 Å². The summed E-state index contributed by atoms with van der Waals surface area (Å²) in [6.45, 7) is 4.29. The molecule has 130 valence electrons. The van der Waals surface area contributed by atoms with Gasteiger partial charge in [0.1, 0.15) is 5.82 Å². The normalized spacial score (nSPS) is 18.2. The maximum atomic E-state index is 12.5. The lowest BCUT2D eigenvalue weighted by atomic mass is 9.95. The standard InChI is InChI=1S/C19H28N4O/c1-3-13(2)17(18-21-15-11-7-8-12-16(15)22-18)23-19(24)20-14-9-5-4-6-10-14/h7-8,11-14,17H,3-6,9-10H2,1-2H3,(H,21,22)(H2,20,23,24)/t13-,17+/m1/s1. The fourth-order valence-corrected chi connectivity index (χ4v) is 3.45. The van der Waals surface area contributed by atoms with E-state index in [1.165, 1.54) is 19.3 Å². The van der Waals surface area contributed by atoms with Crippen LogP contribution in [0.15, 0.2) is 24.3 Å². The molecule has 1 aliphatic rings. The van der Waals surface area contributed by atoms with Crippen LogP contribution < -0.4 is 10.6 Å². The Morgan fingerprint density at radius 3 is 2.75 bits per heavy atom. The smallest absolute Gasteiger partial charge is 0.315 e. The first-order valence-electron chi connectivity index (χ1n) is 9.19. The molecule has 1 saturated carbocycles. The van der Waals surface area contributed by atoms with Crippen molar-refractivity contribution in [2.75, 3.05) is 0 Å². The highest BCUT2D eigenvalue weighted by Gasteiger charge is 2.25. The van der Waals surface area contributed by atoms with Crippen molar-refractivity contribution in [1.82, 2.24) is 20.6 Å². The Morgan fingerprint density at radius 1 is 1.29 bits per heavy atom. The monoisotopic (exact) mass is 328 g/mol. The van der Waals surface area contributed by atoms with Crippen molar-refractivity contribution in [1.29, 1.82) is 0 Å². The largest absolute Gasteiger partial charge is 0.340 e. The van der Waals surface area contributed by atoms with Crippen LogP contribution in [0.4, 0.5) is 4.79 Å². The number of carbonyl (C=O) groups excluding carboxylic acids is 1. The van der Waals surface area contributed by atoms with Crippen LogP contribution in [0.25, 0.3) is 11.0 Å². The van der Waals surface area contributed by atoms with Gasteiger partial charge in [-0.1, -0.05) is 51.7 Å². The van der Waals surface area contributed by atoms with Crippen molar-refractivity contribution < 1.29 is 4.79 Å². The molecule has 0 spiro atoms. The molecule has 1 aromatic heterocycles. The number of hydrogen-bond acceptors (Lipinski definition) is 2. The number of imidazole rings is 1. The molecule has 3 rings (SSSR count). The molecule has 2 amide bonds. The highest BCUT2D eigenvalue weighted by atomic mass is 16.2. The van der Waals surface area contributed by atoms with Gasteiger partial charge in [0.15, 0.2) is 0 Å². The number of benzene rings is 1. The van der Waals surface area contributed by atoms with Crippen LogP contribution in [0.3, 0.4) is 0 Å². The number of rotatable bonds is 5. The number of para-hydroxylation sites is 2. The Bertz CT molecular complexity index is 642. The lowest BCUT2D eigenvalue weighted by Crippen LogP contribution is -2.45. The first kappa shape index (κ1) is 16.8. The number of nitrogens with zero attached hydrogens (tertiary/aromatic N) is 1. The topological polar surface area (TPSA) is 69.8 Å². The Morgan fingerprint density at radius 2 is 2.04 bits per heavy atom. The third-order valence-electron chi connectivity index (χ3n) is 5.14. The number of carbonyl (C=O) groups is 1. The molecule has 0 aliphatic heterocycles. The molecule has 24 heavy (non-hydrogen) atoms. The van der Waals surface area contributed by atoms with Gasteiger partial charge < -0.3 is 15.6 Å². The quantitative estimate of drug-likeness (QED) is 0.766. The van der Waals surface area contributed by atoms with Gasteiger partial charge in [0, 0.05) is 6.04 Å². The van der Waals surface area contributed by atoms with E-state index in [0.29, 0.717) is 12.0 Å². The summed E-state index contributed by atoms with van der Waals surface area (Å²) in [5.74, 6) is 1.15. The maximum absolute atomic E-state index is 12.5. The van der Waals surface area contributed by atoms with Crippen molar-refractivity contribution >= 4 is 17.1 Å². The molecule has 1 heterocycles. The fraction of sp³-hybridized carbons (Fsp3) is 0.579. The minimum atomic E-state index is -0.106. The van der Waals surface area contributed by atoms with Gasteiger partial charge in [-0.05, 0) is 30.9 Å². The Kier molecular flexibility index (Phi) is 5.38. The summed E-state index contributed by atoms with van der Waals surface area (Å²) in [5.41, 5.74) is 1.95. The zero-order valence-electron chi connectivity index (χ0n) is 14.6. The molecule has 0 unspecified atom stereocenters. The number of fused-ring (bicyclic) bond motifs is 1. The minimum absolute atomic E-state index is 0.0762. The summed E-state index contributed by atoms with van der Waals surface area (Å²) in [7, 11) is 0. The lowest BCUT2D eigenvalue weighted by Gasteiger charge is -2.26. The third kappa shape index (κ3) is 3.89. The number of aromatic nitrogens is 2. The average molecular weight is 328 g/mol. The molecular weight excluding hydrogens is 300 g/mol. The van der Waals surface area contributed by atoms with E-state index >= 15 is 0 Å². The molecule has 5 nitrogen and oxygen atoms in total. The van der Waals surface area contributed by atoms with Crippen molar-refractivity contribution in [3.8, 4) is 0 Å². The van der Waals surface area contributed by atoms with Gasteiger partial charge in [-0.2, -0.15) is 0 Å². The predicted octanol–water partition coefficient (Wildman–Crippen LogP) is 4.28. The molecule has 2 atom stereocenters. The van der Waals surface area contributed by atoms with Gasteiger partial charge in [-0.15, -0.1) is 0 Å². The summed E-state index contributed by atoms with van der Waals surface area (Å²) >= 11 is 0. The molecule has 1 fully saturated rings. The van der Waals surface area contributed by atoms with Gasteiger partial charge in [0.25, 0.3) is 0 Å². The number of aromatic amines is 1. The Balaban J connectivity index is 1.72. The second kappa shape index (κ2) is 7.69. The van der Waals surface area contributed by atoms with Crippen molar-refractivity contribution in [3.63, 3.8) is 0 Å². The Labute approximate surface area is 143 Å². The molecular formula is C19H28N4O. The first-order valence-corrected chi connectivity index (χ1v) is 9.19. The fourth-order valence-electron chi connectivity index (χ4n) is 3.45. The predicted molar refractivity (Wildman–Crippen MR) is 96.8 cm³/mol. The van der Waals surface area contributed by atoms with Crippen LogP contribution in [-0.4, -0.2) is 22.0 Å². The van der Waals surface area contributed by atoms with Crippen LogP contribution in [0.1, 0.15) is 64.2 Å². The average Bonchev–Trinajstić information content (AvgIpc) is 3.03. The maximum Gasteiger partial charge on any atom is 0.315 e. The molecule has 0 radical (unpaired) electrons. The molecule has 1 aromatic carbocycles. The van der Waals surface area contributed by atoms with Crippen LogP contribution >= 0.6 is 0 Å². The highest BCUT2D eigenvalue weighted by molar-refractivity contribution is 5.76. The molecule has 1 aliphatic carbocycles. The molecule has 0 bridgehead atoms. The highest BCUT2D eigenvalue weighted by Crippen LogP contribution is 2.25. The second-order valence-electron chi connectivity index (χ2n) is 6.96. The van der Waals surface area contributed by atoms with Crippen LogP contribution in [0.2, 0.25) is 0 Å². The molecule has 0 saturated heterocycles. The van der Waals surface area contributed by atoms with Crippen molar-refractivity contribution in [2.45, 2.75) is 64.5 Å². The van der Waals surface area contributed by atoms with Crippen molar-refractivity contribution in [2.24, 2.45) is 5.92 Å². The van der Waals surface area contributed by atoms with Gasteiger partial charge in [0.2, 0.25) is 0 Å². The summed E-state index contributed by atoms with van der Waals surface area (Å²) < 4.78 is 0. The summed E-state index contributed by atoms with van der Waals surface area (Å²) in [5, 5.41) is 6.29. The molecule has 5 heteroatoms. The zero-order valence-corrected chi connectivity index (χ0v) is 14.6. The van der Waals surface area contributed by atoms with E-state index in [0.717, 1.165) is 36.1 Å². The van der Waals surface area contributed by atoms with Gasteiger partial charge in [-0.3, -0.25) is 0 Å². The van der Waals surface area contributed by atoms with E-state index in [1.807, 2.05) is 24.3 Å². The van der Waals surface area contributed by atoms with Gasteiger partial charge >= 0.3 is 6.03 Å².